The molecular formula is C31H35ClFN7O2. The van der Waals surface area contributed by atoms with Crippen LogP contribution in [0.3, 0.4) is 0 Å². The molecule has 9 nitrogen and oxygen atoms in total. The van der Waals surface area contributed by atoms with Crippen LogP contribution >= 0.6 is 11.6 Å². The summed E-state index contributed by atoms with van der Waals surface area (Å²) in [5.41, 5.74) is 18.2. The Hall–Kier alpha value is -4.15. The van der Waals surface area contributed by atoms with E-state index in [0.717, 1.165) is 59.3 Å². The van der Waals surface area contributed by atoms with Crippen molar-refractivity contribution in [2.75, 3.05) is 18.5 Å². The fourth-order valence-electron chi connectivity index (χ4n) is 5.22. The molecule has 1 aliphatic rings. The van der Waals surface area contributed by atoms with Crippen LogP contribution in [0.2, 0.25) is 5.02 Å². The highest BCUT2D eigenvalue weighted by atomic mass is 35.5. The molecule has 0 aliphatic heterocycles. The van der Waals surface area contributed by atoms with E-state index in [9.17, 15) is 9.18 Å². The molecule has 0 radical (unpaired) electrons. The number of halogens is 2. The fraction of sp³-hybridized carbons (Fsp3) is 0.323. The number of nitrogens with zero attached hydrogens (tertiary/aromatic N) is 3. The molecule has 2 aromatic carbocycles. The van der Waals surface area contributed by atoms with E-state index in [1.807, 2.05) is 35.8 Å². The molecule has 1 fully saturated rings. The summed E-state index contributed by atoms with van der Waals surface area (Å²) < 4.78 is 21.5. The van der Waals surface area contributed by atoms with E-state index in [4.69, 9.17) is 27.8 Å². The number of benzene rings is 2. The Balaban J connectivity index is 1.50. The molecule has 220 valence electrons. The molecule has 1 amide bonds. The third-order valence-corrected chi connectivity index (χ3v) is 7.76. The first-order valence-electron chi connectivity index (χ1n) is 14.0. The minimum atomic E-state index is -0.452. The van der Waals surface area contributed by atoms with Gasteiger partial charge >= 0.3 is 0 Å². The Morgan fingerprint density at radius 3 is 2.71 bits per heavy atom. The van der Waals surface area contributed by atoms with Gasteiger partial charge in [0.15, 0.2) is 0 Å². The number of ether oxygens (including phenoxy) is 1. The molecule has 2 aromatic heterocycles. The van der Waals surface area contributed by atoms with Crippen LogP contribution in [0.1, 0.15) is 43.7 Å². The van der Waals surface area contributed by atoms with Crippen molar-refractivity contribution in [1.29, 1.82) is 0 Å². The van der Waals surface area contributed by atoms with Crippen LogP contribution in [0.15, 0.2) is 59.9 Å². The number of nitrogens with two attached hydrogens (primary N) is 2. The Bertz CT molecular complexity index is 1630. The molecular weight excluding hydrogens is 557 g/mol. The van der Waals surface area contributed by atoms with Gasteiger partial charge in [-0.05, 0) is 74.1 Å². The molecule has 0 unspecified atom stereocenters. The maximum absolute atomic E-state index is 13.9. The highest BCUT2D eigenvalue weighted by molar-refractivity contribution is 6.33. The monoisotopic (exact) mass is 591 g/mol. The van der Waals surface area contributed by atoms with Gasteiger partial charge in [-0.3, -0.25) is 4.79 Å². The number of nitrogens with one attached hydrogen (secondary N) is 2. The highest BCUT2D eigenvalue weighted by Crippen LogP contribution is 2.34. The zero-order valence-electron chi connectivity index (χ0n) is 23.7. The Labute approximate surface area is 249 Å². The van der Waals surface area contributed by atoms with Crippen LogP contribution in [-0.2, 0) is 4.79 Å². The number of amides is 1. The van der Waals surface area contributed by atoms with Gasteiger partial charge in [-0.15, -0.1) is 0 Å². The number of aliphatic imine (C=N–C) groups is 1. The molecule has 2 heterocycles. The summed E-state index contributed by atoms with van der Waals surface area (Å²) in [7, 11) is 0. The van der Waals surface area contributed by atoms with Crippen molar-refractivity contribution in [2.45, 2.75) is 51.6 Å². The van der Waals surface area contributed by atoms with Gasteiger partial charge < -0.3 is 26.8 Å². The number of anilines is 1. The number of fused-ring (bicyclic) bond motifs is 1. The molecule has 4 aromatic rings. The van der Waals surface area contributed by atoms with E-state index >= 15 is 0 Å². The number of carbonyl (C=O) groups is 1. The Kier molecular flexibility index (Phi) is 8.94. The number of hydrogen-bond acceptors (Lipinski definition) is 6. The van der Waals surface area contributed by atoms with Crippen molar-refractivity contribution >= 4 is 40.2 Å². The molecule has 1 aliphatic carbocycles. The van der Waals surface area contributed by atoms with Gasteiger partial charge in [-0.25, -0.2) is 13.9 Å². The number of hydrogen-bond donors (Lipinski definition) is 4. The summed E-state index contributed by atoms with van der Waals surface area (Å²) in [5, 5.41) is 11.4. The van der Waals surface area contributed by atoms with Gasteiger partial charge in [0.1, 0.15) is 24.0 Å². The van der Waals surface area contributed by atoms with Crippen molar-refractivity contribution in [2.24, 2.45) is 16.5 Å². The largest absolute Gasteiger partial charge is 0.492 e. The fourth-order valence-corrected chi connectivity index (χ4v) is 5.38. The minimum absolute atomic E-state index is 0.0885. The minimum Gasteiger partial charge on any atom is -0.492 e. The maximum Gasteiger partial charge on any atom is 0.216 e. The van der Waals surface area contributed by atoms with Crippen molar-refractivity contribution in [3.05, 3.63) is 76.8 Å². The lowest BCUT2D eigenvalue weighted by molar-refractivity contribution is -0.119. The molecule has 0 saturated heterocycles. The van der Waals surface area contributed by atoms with Gasteiger partial charge in [-0.1, -0.05) is 17.7 Å². The second kappa shape index (κ2) is 12.8. The van der Waals surface area contributed by atoms with Crippen molar-refractivity contribution in [3.8, 4) is 16.9 Å². The Morgan fingerprint density at radius 2 is 1.98 bits per heavy atom. The summed E-state index contributed by atoms with van der Waals surface area (Å²) in [4.78, 5) is 15.6. The molecule has 0 atom stereocenters. The predicted octanol–water partition coefficient (Wildman–Crippen LogP) is 5.34. The predicted molar refractivity (Wildman–Crippen MR) is 165 cm³/mol. The highest BCUT2D eigenvalue weighted by Gasteiger charge is 2.22. The number of carbonyl (C=O) groups excluding carboxylic acids is 1. The van der Waals surface area contributed by atoms with Crippen LogP contribution in [0.5, 0.6) is 5.75 Å². The van der Waals surface area contributed by atoms with E-state index in [1.54, 1.807) is 6.20 Å². The Morgan fingerprint density at radius 1 is 1.19 bits per heavy atom. The topological polar surface area (TPSA) is 132 Å². The zero-order valence-corrected chi connectivity index (χ0v) is 24.4. The number of amidine groups is 1. The average molecular weight is 592 g/mol. The first-order chi connectivity index (χ1) is 20.2. The van der Waals surface area contributed by atoms with Gasteiger partial charge in [0.25, 0.3) is 0 Å². The maximum atomic E-state index is 13.9. The van der Waals surface area contributed by atoms with E-state index in [0.29, 0.717) is 23.7 Å². The zero-order chi connectivity index (χ0) is 29.8. The SMILES string of the molecule is CC(=O)NCCOc1ccc(-c2cc3c(N[C@H]4CC[C@H](N)CC4)c(C(N)=Nc4cc(F)ccc4Cl)cnn3c2)c(C)c1. The van der Waals surface area contributed by atoms with E-state index < -0.39 is 5.82 Å². The standard InChI is InChI=1S/C31H35ClFN7O2/c1-18-13-24(42-12-11-36-19(2)41)8-9-25(18)20-14-29-30(38-23-6-4-22(34)5-7-23)26(16-37-40(29)17-20)31(35)39-28-15-21(33)3-10-27(28)32/h3,8-10,13-17,22-23,38H,4-7,11-12,34H2,1-2H3,(H2,35,39)(H,36,41)/t22-,23-. The summed E-state index contributed by atoms with van der Waals surface area (Å²) >= 11 is 6.27. The second-order valence-electron chi connectivity index (χ2n) is 10.6. The van der Waals surface area contributed by atoms with Crippen LogP contribution < -0.4 is 26.8 Å². The lowest BCUT2D eigenvalue weighted by atomic mass is 9.91. The normalized spacial score (nSPS) is 17.3. The number of aryl methyl sites for hydroxylation is 1. The number of aromatic nitrogens is 2. The molecule has 6 N–H and O–H groups in total. The molecule has 0 bridgehead atoms. The van der Waals surface area contributed by atoms with Crippen molar-refractivity contribution < 1.29 is 13.9 Å². The molecule has 11 heteroatoms. The van der Waals surface area contributed by atoms with Gasteiger partial charge in [0, 0.05) is 36.8 Å². The summed E-state index contributed by atoms with van der Waals surface area (Å²) in [6.07, 6.45) is 7.36. The van der Waals surface area contributed by atoms with Crippen LogP contribution in [-0.4, -0.2) is 46.6 Å². The van der Waals surface area contributed by atoms with Gasteiger partial charge in [0.2, 0.25) is 5.91 Å². The molecule has 42 heavy (non-hydrogen) atoms. The second-order valence-corrected chi connectivity index (χ2v) is 11.1. The quantitative estimate of drug-likeness (QED) is 0.118. The van der Waals surface area contributed by atoms with Crippen LogP contribution in [0.4, 0.5) is 15.8 Å². The van der Waals surface area contributed by atoms with Crippen molar-refractivity contribution in [1.82, 2.24) is 14.9 Å². The molecule has 5 rings (SSSR count). The van der Waals surface area contributed by atoms with Gasteiger partial charge in [-0.2, -0.15) is 5.10 Å². The van der Waals surface area contributed by atoms with Gasteiger partial charge in [0.05, 0.1) is 40.2 Å². The lowest BCUT2D eigenvalue weighted by Gasteiger charge is -2.28. The summed E-state index contributed by atoms with van der Waals surface area (Å²) in [5.74, 6) is 0.359. The van der Waals surface area contributed by atoms with E-state index in [1.165, 1.54) is 25.1 Å². The number of rotatable bonds is 9. The lowest BCUT2D eigenvalue weighted by Crippen LogP contribution is -2.33. The van der Waals surface area contributed by atoms with Crippen LogP contribution in [0.25, 0.3) is 16.6 Å². The average Bonchev–Trinajstić information content (AvgIpc) is 3.39. The summed E-state index contributed by atoms with van der Waals surface area (Å²) in [6.45, 7) is 4.32. The first-order valence-corrected chi connectivity index (χ1v) is 14.4. The van der Waals surface area contributed by atoms with Crippen LogP contribution in [0, 0.1) is 12.7 Å². The first kappa shape index (κ1) is 29.3. The third kappa shape index (κ3) is 6.83. The third-order valence-electron chi connectivity index (χ3n) is 7.44. The summed E-state index contributed by atoms with van der Waals surface area (Å²) in [6, 6.07) is 12.4. The molecule has 1 saturated carbocycles. The molecule has 0 spiro atoms. The van der Waals surface area contributed by atoms with Crippen molar-refractivity contribution in [3.63, 3.8) is 0 Å². The smallest absolute Gasteiger partial charge is 0.216 e. The van der Waals surface area contributed by atoms with E-state index in [2.05, 4.69) is 26.8 Å². The van der Waals surface area contributed by atoms with E-state index in [-0.39, 0.29) is 29.5 Å².